The fourth-order valence-electron chi connectivity index (χ4n) is 2.30. The highest BCUT2D eigenvalue weighted by Crippen LogP contribution is 2.25. The van der Waals surface area contributed by atoms with Crippen LogP contribution in [0.5, 0.6) is 5.75 Å². The molecule has 0 N–H and O–H groups in total. The smallest absolute Gasteiger partial charge is 0.128 e. The lowest BCUT2D eigenvalue weighted by Gasteiger charge is -2.10. The summed E-state index contributed by atoms with van der Waals surface area (Å²) in [5.74, 6) is 0.722. The van der Waals surface area contributed by atoms with Crippen LogP contribution in [0.4, 0.5) is 5.69 Å². The molecule has 0 unspecified atom stereocenters. The van der Waals surface area contributed by atoms with Crippen molar-refractivity contribution in [3.63, 3.8) is 0 Å². The van der Waals surface area contributed by atoms with E-state index in [4.69, 9.17) is 27.9 Å². The van der Waals surface area contributed by atoms with Crippen molar-refractivity contribution >= 4 is 51.0 Å². The van der Waals surface area contributed by atoms with Crippen LogP contribution in [-0.4, -0.2) is 6.21 Å². The van der Waals surface area contributed by atoms with Crippen molar-refractivity contribution in [2.45, 2.75) is 13.5 Å². The van der Waals surface area contributed by atoms with E-state index in [2.05, 4.69) is 20.9 Å². The molecule has 0 spiro atoms. The molecule has 0 atom stereocenters. The largest absolute Gasteiger partial charge is 0.488 e. The van der Waals surface area contributed by atoms with Crippen LogP contribution in [0.3, 0.4) is 0 Å². The van der Waals surface area contributed by atoms with Gasteiger partial charge in [-0.2, -0.15) is 0 Å². The van der Waals surface area contributed by atoms with Crippen LogP contribution >= 0.6 is 39.1 Å². The van der Waals surface area contributed by atoms with E-state index in [1.54, 1.807) is 12.3 Å². The van der Waals surface area contributed by atoms with Gasteiger partial charge in [-0.25, -0.2) is 0 Å². The maximum absolute atomic E-state index is 6.16. The first-order valence-corrected chi connectivity index (χ1v) is 9.53. The highest BCUT2D eigenvalue weighted by atomic mass is 79.9. The van der Waals surface area contributed by atoms with Crippen LogP contribution in [0, 0.1) is 6.92 Å². The van der Waals surface area contributed by atoms with E-state index in [0.29, 0.717) is 16.7 Å². The maximum atomic E-state index is 6.16. The van der Waals surface area contributed by atoms with Crippen molar-refractivity contribution in [3.8, 4) is 5.75 Å². The van der Waals surface area contributed by atoms with E-state index in [0.717, 1.165) is 32.6 Å². The van der Waals surface area contributed by atoms with Gasteiger partial charge in [0.1, 0.15) is 12.4 Å². The molecule has 0 saturated carbocycles. The second-order valence-electron chi connectivity index (χ2n) is 5.79. The van der Waals surface area contributed by atoms with Gasteiger partial charge in [0.25, 0.3) is 0 Å². The minimum atomic E-state index is 0.464. The normalized spacial score (nSPS) is 11.1. The standard InChI is InChI=1S/C21H16BrCl2NO/c1-14-2-8-19(11-20(14)24)25-12-16-10-18(23)7-9-21(16)26-13-15-3-5-17(22)6-4-15/h2-12H,13H2,1H3. The molecular weight excluding hydrogens is 433 g/mol. The van der Waals surface area contributed by atoms with E-state index in [9.17, 15) is 0 Å². The first-order valence-electron chi connectivity index (χ1n) is 7.98. The topological polar surface area (TPSA) is 21.6 Å². The van der Waals surface area contributed by atoms with E-state index >= 15 is 0 Å². The summed E-state index contributed by atoms with van der Waals surface area (Å²) < 4.78 is 7.00. The van der Waals surface area contributed by atoms with Crippen molar-refractivity contribution in [3.05, 3.63) is 91.9 Å². The Morgan fingerprint density at radius 2 is 1.77 bits per heavy atom. The molecule has 0 bridgehead atoms. The maximum Gasteiger partial charge on any atom is 0.128 e. The molecule has 3 rings (SSSR count). The molecule has 0 aliphatic rings. The molecular formula is C21H16BrCl2NO. The SMILES string of the molecule is Cc1ccc(N=Cc2cc(Cl)ccc2OCc2ccc(Br)cc2)cc1Cl. The minimum Gasteiger partial charge on any atom is -0.488 e. The number of aliphatic imine (C=N–C) groups is 1. The third-order valence-corrected chi connectivity index (χ3v) is 4.96. The highest BCUT2D eigenvalue weighted by Gasteiger charge is 2.04. The Kier molecular flexibility index (Phi) is 6.36. The fourth-order valence-corrected chi connectivity index (χ4v) is 2.92. The number of nitrogens with zero attached hydrogens (tertiary/aromatic N) is 1. The van der Waals surface area contributed by atoms with Gasteiger partial charge in [0.05, 0.1) is 5.69 Å². The number of ether oxygens (including phenoxy) is 1. The molecule has 0 heterocycles. The lowest BCUT2D eigenvalue weighted by Crippen LogP contribution is -1.98. The first-order chi connectivity index (χ1) is 12.5. The predicted octanol–water partition coefficient (Wildman–Crippen LogP) is 7.39. The van der Waals surface area contributed by atoms with Gasteiger partial charge >= 0.3 is 0 Å². The third kappa shape index (κ3) is 5.10. The molecule has 0 saturated heterocycles. The van der Waals surface area contributed by atoms with Crippen molar-refractivity contribution in [2.24, 2.45) is 4.99 Å². The molecule has 2 nitrogen and oxygen atoms in total. The van der Waals surface area contributed by atoms with Gasteiger partial charge in [-0.05, 0) is 60.5 Å². The van der Waals surface area contributed by atoms with Gasteiger partial charge in [-0.1, -0.05) is 57.3 Å². The summed E-state index contributed by atoms with van der Waals surface area (Å²) in [5, 5.41) is 1.32. The van der Waals surface area contributed by atoms with Crippen molar-refractivity contribution in [1.29, 1.82) is 0 Å². The molecule has 132 valence electrons. The second-order valence-corrected chi connectivity index (χ2v) is 7.55. The van der Waals surface area contributed by atoms with Crippen LogP contribution in [0.25, 0.3) is 0 Å². The van der Waals surface area contributed by atoms with Gasteiger partial charge in [0.15, 0.2) is 0 Å². The monoisotopic (exact) mass is 447 g/mol. The summed E-state index contributed by atoms with van der Waals surface area (Å²) >= 11 is 15.7. The van der Waals surface area contributed by atoms with E-state index in [1.165, 1.54) is 0 Å². The average molecular weight is 449 g/mol. The van der Waals surface area contributed by atoms with E-state index in [-0.39, 0.29) is 0 Å². The molecule has 0 fully saturated rings. The Labute approximate surface area is 171 Å². The zero-order valence-corrected chi connectivity index (χ0v) is 17.1. The van der Waals surface area contributed by atoms with Crippen molar-refractivity contribution < 1.29 is 4.74 Å². The second kappa shape index (κ2) is 8.72. The Hall–Kier alpha value is -1.81. The number of hydrogen-bond acceptors (Lipinski definition) is 2. The highest BCUT2D eigenvalue weighted by molar-refractivity contribution is 9.10. The summed E-state index contributed by atoms with van der Waals surface area (Å²) in [6, 6.07) is 19.2. The van der Waals surface area contributed by atoms with Crippen molar-refractivity contribution in [2.75, 3.05) is 0 Å². The summed E-state index contributed by atoms with van der Waals surface area (Å²) in [6.45, 7) is 2.42. The van der Waals surface area contributed by atoms with Crippen LogP contribution in [-0.2, 0) is 6.61 Å². The summed E-state index contributed by atoms with van der Waals surface area (Å²) in [7, 11) is 0. The Balaban J connectivity index is 1.79. The van der Waals surface area contributed by atoms with Crippen LogP contribution in [0.15, 0.2) is 70.1 Å². The number of rotatable bonds is 5. The molecule has 0 aliphatic carbocycles. The molecule has 26 heavy (non-hydrogen) atoms. The fraction of sp³-hybridized carbons (Fsp3) is 0.0952. The molecule has 3 aromatic carbocycles. The van der Waals surface area contributed by atoms with Gasteiger partial charge in [0, 0.05) is 26.3 Å². The van der Waals surface area contributed by atoms with Gasteiger partial charge in [-0.15, -0.1) is 0 Å². The molecule has 0 aliphatic heterocycles. The number of hydrogen-bond donors (Lipinski definition) is 0. The van der Waals surface area contributed by atoms with Gasteiger partial charge in [-0.3, -0.25) is 4.99 Å². The average Bonchev–Trinajstić information content (AvgIpc) is 2.63. The first kappa shape index (κ1) is 19.0. The van der Waals surface area contributed by atoms with E-state index < -0.39 is 0 Å². The van der Waals surface area contributed by atoms with E-state index in [1.807, 2.05) is 61.5 Å². The lowest BCUT2D eigenvalue weighted by molar-refractivity contribution is 0.306. The predicted molar refractivity (Wildman–Crippen MR) is 113 cm³/mol. The summed E-state index contributed by atoms with van der Waals surface area (Å²) in [5.41, 5.74) is 3.69. The summed E-state index contributed by atoms with van der Waals surface area (Å²) in [6.07, 6.45) is 1.74. The Bertz CT molecular complexity index is 939. The third-order valence-electron chi connectivity index (χ3n) is 3.79. The van der Waals surface area contributed by atoms with Gasteiger partial charge < -0.3 is 4.74 Å². The van der Waals surface area contributed by atoms with Crippen molar-refractivity contribution in [1.82, 2.24) is 0 Å². The molecule has 5 heteroatoms. The quantitative estimate of drug-likeness (QED) is 0.372. The van der Waals surface area contributed by atoms with Crippen LogP contribution in [0.2, 0.25) is 10.0 Å². The van der Waals surface area contributed by atoms with Gasteiger partial charge in [0.2, 0.25) is 0 Å². The lowest BCUT2D eigenvalue weighted by atomic mass is 10.2. The Morgan fingerprint density at radius 3 is 2.50 bits per heavy atom. The number of benzene rings is 3. The molecule has 0 aromatic heterocycles. The minimum absolute atomic E-state index is 0.464. The number of aryl methyl sites for hydroxylation is 1. The molecule has 0 radical (unpaired) electrons. The number of halogens is 3. The van der Waals surface area contributed by atoms with Crippen LogP contribution < -0.4 is 4.74 Å². The Morgan fingerprint density at radius 1 is 1.00 bits per heavy atom. The zero-order valence-electron chi connectivity index (χ0n) is 14.0. The summed E-state index contributed by atoms with van der Waals surface area (Å²) in [4.78, 5) is 4.49. The van der Waals surface area contributed by atoms with Crippen LogP contribution in [0.1, 0.15) is 16.7 Å². The molecule has 0 amide bonds. The molecule has 3 aromatic rings. The zero-order chi connectivity index (χ0) is 18.5.